The number of carboxylic acid groups (broad SMARTS) is 1. The Hall–Kier alpha value is -1.16. The minimum Gasteiger partial charge on any atom is -0.481 e. The van der Waals surface area contributed by atoms with E-state index in [-0.39, 0.29) is 6.42 Å². The van der Waals surface area contributed by atoms with Crippen molar-refractivity contribution in [2.24, 2.45) is 5.73 Å². The van der Waals surface area contributed by atoms with E-state index in [0.717, 1.165) is 0 Å². The lowest BCUT2D eigenvalue weighted by Crippen LogP contribution is -1.92. The van der Waals surface area contributed by atoms with Gasteiger partial charge in [0.05, 0.1) is 0 Å². The molecule has 0 aromatic carbocycles. The second-order valence-corrected chi connectivity index (χ2v) is 1.85. The minimum absolute atomic E-state index is 0.170. The lowest BCUT2D eigenvalue weighted by atomic mass is 10.2. The zero-order valence-electron chi connectivity index (χ0n) is 7.19. The number of unbranched alkanes of at least 4 members (excludes halogenated alkanes) is 1. The minimum atomic E-state index is -0.792. The van der Waals surface area contributed by atoms with Gasteiger partial charge >= 0.3 is 5.97 Å². The van der Waals surface area contributed by atoms with E-state index >= 15 is 0 Å². The van der Waals surface area contributed by atoms with E-state index in [1.54, 1.807) is 6.08 Å². The number of carbonyl (C=O) groups is 2. The van der Waals surface area contributed by atoms with Crippen LogP contribution in [0.15, 0.2) is 12.2 Å². The first-order chi connectivity index (χ1) is 5.77. The van der Waals surface area contributed by atoms with Crippen molar-refractivity contribution in [3.63, 3.8) is 0 Å². The maximum absolute atomic E-state index is 9.94. The third kappa shape index (κ3) is 15.9. The van der Waals surface area contributed by atoms with Crippen molar-refractivity contribution < 1.29 is 14.7 Å². The fourth-order valence-electron chi connectivity index (χ4n) is 0.523. The topological polar surface area (TPSA) is 80.4 Å². The number of aliphatic carboxylic acids is 1. The van der Waals surface area contributed by atoms with Crippen molar-refractivity contribution in [3.8, 4) is 0 Å². The Morgan fingerprint density at radius 3 is 2.50 bits per heavy atom. The van der Waals surface area contributed by atoms with Gasteiger partial charge in [0.1, 0.15) is 6.29 Å². The third-order valence-electron chi connectivity index (χ3n) is 0.976. The van der Waals surface area contributed by atoms with Crippen molar-refractivity contribution in [1.82, 2.24) is 0 Å². The van der Waals surface area contributed by atoms with Gasteiger partial charge in [-0.05, 0) is 26.0 Å². The van der Waals surface area contributed by atoms with Gasteiger partial charge in [-0.25, -0.2) is 0 Å². The van der Waals surface area contributed by atoms with Crippen molar-refractivity contribution in [1.29, 1.82) is 0 Å². The second kappa shape index (κ2) is 12.5. The number of carboxylic acids is 1. The molecule has 0 aliphatic rings. The summed E-state index contributed by atoms with van der Waals surface area (Å²) in [5, 5.41) is 8.18. The summed E-state index contributed by atoms with van der Waals surface area (Å²) in [5.41, 5.74) is 4.50. The largest absolute Gasteiger partial charge is 0.481 e. The summed E-state index contributed by atoms with van der Waals surface area (Å²) in [4.78, 5) is 19.6. The second-order valence-electron chi connectivity index (χ2n) is 1.85. The van der Waals surface area contributed by atoms with Crippen molar-refractivity contribution in [3.05, 3.63) is 12.2 Å². The number of carbonyl (C=O) groups excluding carboxylic acids is 1. The van der Waals surface area contributed by atoms with E-state index < -0.39 is 5.97 Å². The zero-order chi connectivity index (χ0) is 9.82. The molecular formula is C8H15NO3. The highest BCUT2D eigenvalue weighted by Gasteiger charge is 1.92. The molecule has 0 heterocycles. The van der Waals surface area contributed by atoms with Crippen LogP contribution in [0.25, 0.3) is 0 Å². The standard InChI is InChI=1S/C7H10O3.CH5N/c8-6-4-2-1-3-5-7(9)10;1-2/h2,4,6H,1,3,5H2,(H,9,10);2H2,1H3/b4-2+;. The molecule has 0 aliphatic heterocycles. The number of nitrogens with two attached hydrogens (primary N) is 1. The molecule has 0 saturated carbocycles. The molecule has 12 heavy (non-hydrogen) atoms. The number of allylic oxidation sites excluding steroid dienone is 2. The van der Waals surface area contributed by atoms with Crippen LogP contribution in [0.5, 0.6) is 0 Å². The number of hydrogen-bond acceptors (Lipinski definition) is 3. The molecule has 0 fully saturated rings. The Kier molecular flexibility index (Phi) is 14.0. The molecule has 0 rings (SSSR count). The third-order valence-corrected chi connectivity index (χ3v) is 0.976. The van der Waals surface area contributed by atoms with Crippen LogP contribution in [0, 0.1) is 0 Å². The van der Waals surface area contributed by atoms with Gasteiger partial charge in [0.25, 0.3) is 0 Å². The molecule has 0 saturated heterocycles. The van der Waals surface area contributed by atoms with Crippen LogP contribution in [-0.4, -0.2) is 24.4 Å². The van der Waals surface area contributed by atoms with Crippen LogP contribution in [0.3, 0.4) is 0 Å². The molecule has 3 N–H and O–H groups in total. The SMILES string of the molecule is CN.O=C/C=C/CCCC(=O)O. The molecular weight excluding hydrogens is 158 g/mol. The van der Waals surface area contributed by atoms with Gasteiger partial charge in [-0.15, -0.1) is 0 Å². The monoisotopic (exact) mass is 173 g/mol. The van der Waals surface area contributed by atoms with E-state index in [1.807, 2.05) is 0 Å². The Morgan fingerprint density at radius 1 is 1.50 bits per heavy atom. The first-order valence-corrected chi connectivity index (χ1v) is 3.67. The molecule has 4 heteroatoms. The van der Waals surface area contributed by atoms with Gasteiger partial charge in [-0.1, -0.05) is 6.08 Å². The van der Waals surface area contributed by atoms with E-state index in [2.05, 4.69) is 5.73 Å². The van der Waals surface area contributed by atoms with Crippen molar-refractivity contribution in [2.75, 3.05) is 7.05 Å². The van der Waals surface area contributed by atoms with Gasteiger partial charge in [-0.2, -0.15) is 0 Å². The summed E-state index contributed by atoms with van der Waals surface area (Å²) >= 11 is 0. The summed E-state index contributed by atoms with van der Waals surface area (Å²) in [5.74, 6) is -0.792. The van der Waals surface area contributed by atoms with Gasteiger partial charge < -0.3 is 10.8 Å². The van der Waals surface area contributed by atoms with Crippen LogP contribution in [0.4, 0.5) is 0 Å². The van der Waals surface area contributed by atoms with Crippen LogP contribution < -0.4 is 5.73 Å². The normalized spacial score (nSPS) is 8.83. The highest BCUT2D eigenvalue weighted by molar-refractivity contribution is 5.66. The zero-order valence-corrected chi connectivity index (χ0v) is 7.19. The maximum Gasteiger partial charge on any atom is 0.303 e. The van der Waals surface area contributed by atoms with Crippen molar-refractivity contribution in [2.45, 2.75) is 19.3 Å². The fourth-order valence-corrected chi connectivity index (χ4v) is 0.523. The van der Waals surface area contributed by atoms with Gasteiger partial charge in [0, 0.05) is 6.42 Å². The predicted octanol–water partition coefficient (Wildman–Crippen LogP) is 0.571. The van der Waals surface area contributed by atoms with Gasteiger partial charge in [0.2, 0.25) is 0 Å². The summed E-state index contributed by atoms with van der Waals surface area (Å²) in [6.45, 7) is 0. The number of aldehydes is 1. The van der Waals surface area contributed by atoms with Gasteiger partial charge in [0.15, 0.2) is 0 Å². The van der Waals surface area contributed by atoms with E-state index in [1.165, 1.54) is 13.1 Å². The first kappa shape index (κ1) is 13.4. The fraction of sp³-hybridized carbons (Fsp3) is 0.500. The smallest absolute Gasteiger partial charge is 0.303 e. The highest BCUT2D eigenvalue weighted by atomic mass is 16.4. The molecule has 0 spiro atoms. The summed E-state index contributed by atoms with van der Waals surface area (Å²) in [7, 11) is 1.50. The molecule has 0 bridgehead atoms. The lowest BCUT2D eigenvalue weighted by molar-refractivity contribution is -0.137. The Balaban J connectivity index is 0. The van der Waals surface area contributed by atoms with Crippen LogP contribution in [0.2, 0.25) is 0 Å². The number of rotatable bonds is 5. The summed E-state index contributed by atoms with van der Waals surface area (Å²) < 4.78 is 0. The molecule has 0 aromatic heterocycles. The van der Waals surface area contributed by atoms with Crippen molar-refractivity contribution >= 4 is 12.3 Å². The Labute approximate surface area is 72.1 Å². The first-order valence-electron chi connectivity index (χ1n) is 3.67. The lowest BCUT2D eigenvalue weighted by Gasteiger charge is -1.87. The number of hydrogen-bond donors (Lipinski definition) is 2. The summed E-state index contributed by atoms with van der Waals surface area (Å²) in [6.07, 6.45) is 5.15. The molecule has 0 aromatic rings. The molecule has 0 aliphatic carbocycles. The Bertz CT molecular complexity index is 143. The van der Waals surface area contributed by atoms with E-state index in [4.69, 9.17) is 5.11 Å². The molecule has 0 atom stereocenters. The van der Waals surface area contributed by atoms with Crippen LogP contribution in [0.1, 0.15) is 19.3 Å². The molecule has 0 amide bonds. The van der Waals surface area contributed by atoms with E-state index in [0.29, 0.717) is 19.1 Å². The van der Waals surface area contributed by atoms with E-state index in [9.17, 15) is 9.59 Å². The summed E-state index contributed by atoms with van der Waals surface area (Å²) in [6, 6.07) is 0. The average Bonchev–Trinajstić information content (AvgIpc) is 2.07. The Morgan fingerprint density at radius 2 is 2.08 bits per heavy atom. The molecule has 0 radical (unpaired) electrons. The van der Waals surface area contributed by atoms with Crippen LogP contribution in [-0.2, 0) is 9.59 Å². The molecule has 0 unspecified atom stereocenters. The maximum atomic E-state index is 9.94. The average molecular weight is 173 g/mol. The highest BCUT2D eigenvalue weighted by Crippen LogP contribution is 1.95. The van der Waals surface area contributed by atoms with Crippen LogP contribution >= 0.6 is 0 Å². The predicted molar refractivity (Wildman–Crippen MR) is 46.8 cm³/mol. The van der Waals surface area contributed by atoms with Gasteiger partial charge in [-0.3, -0.25) is 9.59 Å². The molecule has 4 nitrogen and oxygen atoms in total. The quantitative estimate of drug-likeness (QED) is 0.362. The molecule has 70 valence electrons.